The molecular formula is C16H19N7O2. The summed E-state index contributed by atoms with van der Waals surface area (Å²) in [6.45, 7) is 2.64. The van der Waals surface area contributed by atoms with Crippen molar-refractivity contribution in [1.29, 1.82) is 0 Å². The van der Waals surface area contributed by atoms with Gasteiger partial charge in [0.2, 0.25) is 0 Å². The van der Waals surface area contributed by atoms with Gasteiger partial charge in [0.15, 0.2) is 5.65 Å². The minimum Gasteiger partial charge on any atom is -0.390 e. The number of nitrogens with one attached hydrogen (secondary N) is 1. The smallest absolute Gasteiger partial charge is 0.271 e. The van der Waals surface area contributed by atoms with E-state index in [0.29, 0.717) is 38.4 Å². The summed E-state index contributed by atoms with van der Waals surface area (Å²) in [5.41, 5.74) is 2.25. The molecule has 0 saturated carbocycles. The van der Waals surface area contributed by atoms with Crippen LogP contribution in [0.1, 0.15) is 16.1 Å². The summed E-state index contributed by atoms with van der Waals surface area (Å²) in [5.74, 6) is -0.143. The summed E-state index contributed by atoms with van der Waals surface area (Å²) in [6, 6.07) is 3.47. The Bertz CT molecular complexity index is 860. The number of carbonyl (C=O) groups excluding carboxylic acids is 1. The van der Waals surface area contributed by atoms with E-state index in [9.17, 15) is 9.90 Å². The van der Waals surface area contributed by atoms with Gasteiger partial charge >= 0.3 is 0 Å². The van der Waals surface area contributed by atoms with E-state index in [1.807, 2.05) is 12.3 Å². The van der Waals surface area contributed by atoms with Gasteiger partial charge < -0.3 is 10.0 Å². The summed E-state index contributed by atoms with van der Waals surface area (Å²) in [5, 5.41) is 21.1. The average molecular weight is 341 g/mol. The maximum Gasteiger partial charge on any atom is 0.271 e. The Morgan fingerprint density at radius 2 is 2.24 bits per heavy atom. The Balaban J connectivity index is 1.47. The number of β-amino-alcohol motifs (C(OH)–C–C–N with tert-alkyl or cyclic N) is 1. The van der Waals surface area contributed by atoms with Crippen LogP contribution in [0.2, 0.25) is 0 Å². The van der Waals surface area contributed by atoms with Gasteiger partial charge in [-0.1, -0.05) is 0 Å². The highest BCUT2D eigenvalue weighted by Gasteiger charge is 2.26. The van der Waals surface area contributed by atoms with Gasteiger partial charge in [0.25, 0.3) is 5.91 Å². The number of hydrogen-bond donors (Lipinski definition) is 2. The maximum atomic E-state index is 12.5. The molecule has 3 aromatic heterocycles. The first-order chi connectivity index (χ1) is 12.2. The fraction of sp³-hybridized carbons (Fsp3) is 0.375. The predicted octanol–water partition coefficient (Wildman–Crippen LogP) is -0.229. The number of nitrogens with zero attached hydrogens (tertiary/aromatic N) is 6. The number of rotatable bonds is 3. The second-order valence-corrected chi connectivity index (χ2v) is 6.17. The van der Waals surface area contributed by atoms with Crippen LogP contribution in [0, 0.1) is 0 Å². The van der Waals surface area contributed by atoms with E-state index in [0.717, 1.165) is 11.2 Å². The molecule has 1 fully saturated rings. The van der Waals surface area contributed by atoms with Gasteiger partial charge in [-0.25, -0.2) is 9.50 Å². The highest BCUT2D eigenvalue weighted by molar-refractivity contribution is 5.92. The zero-order valence-electron chi connectivity index (χ0n) is 13.6. The normalized spacial score (nSPS) is 19.2. The van der Waals surface area contributed by atoms with Crippen molar-refractivity contribution in [2.24, 2.45) is 0 Å². The largest absolute Gasteiger partial charge is 0.390 e. The molecular weight excluding hydrogens is 322 g/mol. The molecule has 2 N–H and O–H groups in total. The molecule has 1 saturated heterocycles. The van der Waals surface area contributed by atoms with Crippen LogP contribution in [0.4, 0.5) is 0 Å². The van der Waals surface area contributed by atoms with Crippen molar-refractivity contribution in [3.63, 3.8) is 0 Å². The van der Waals surface area contributed by atoms with Crippen molar-refractivity contribution >= 4 is 11.6 Å². The van der Waals surface area contributed by atoms with Gasteiger partial charge in [-0.2, -0.15) is 10.2 Å². The van der Waals surface area contributed by atoms with Crippen LogP contribution in [-0.2, 0) is 6.54 Å². The zero-order chi connectivity index (χ0) is 17.2. The van der Waals surface area contributed by atoms with Crippen LogP contribution in [0.15, 0.2) is 36.9 Å². The first-order valence-electron chi connectivity index (χ1n) is 8.17. The molecule has 1 aliphatic rings. The SMILES string of the molecule is O=C(c1ccn[nH]1)N1CCN(Cc2cnn3cccnc23)CC(O)C1. The van der Waals surface area contributed by atoms with Crippen LogP contribution < -0.4 is 0 Å². The van der Waals surface area contributed by atoms with Gasteiger partial charge in [0.1, 0.15) is 5.69 Å². The molecule has 25 heavy (non-hydrogen) atoms. The first-order valence-corrected chi connectivity index (χ1v) is 8.17. The van der Waals surface area contributed by atoms with Crippen LogP contribution in [0.5, 0.6) is 0 Å². The van der Waals surface area contributed by atoms with E-state index >= 15 is 0 Å². The highest BCUT2D eigenvalue weighted by Crippen LogP contribution is 2.14. The number of aromatic nitrogens is 5. The number of hydrogen-bond acceptors (Lipinski definition) is 6. The molecule has 0 bridgehead atoms. The molecule has 0 aliphatic carbocycles. The van der Waals surface area contributed by atoms with Crippen molar-refractivity contribution in [3.05, 3.63) is 48.2 Å². The number of aliphatic hydroxyl groups excluding tert-OH is 1. The first kappa shape index (κ1) is 15.7. The number of fused-ring (bicyclic) bond motifs is 1. The topological polar surface area (TPSA) is 103 Å². The van der Waals surface area contributed by atoms with Gasteiger partial charge in [0, 0.05) is 56.9 Å². The van der Waals surface area contributed by atoms with Crippen molar-refractivity contribution in [1.82, 2.24) is 34.6 Å². The molecule has 0 spiro atoms. The Morgan fingerprint density at radius 3 is 3.08 bits per heavy atom. The van der Waals surface area contributed by atoms with Gasteiger partial charge in [-0.05, 0) is 12.1 Å². The third-order valence-electron chi connectivity index (χ3n) is 4.35. The lowest BCUT2D eigenvalue weighted by atomic mass is 10.2. The minimum absolute atomic E-state index is 0.143. The molecule has 0 aromatic carbocycles. The van der Waals surface area contributed by atoms with Crippen LogP contribution in [-0.4, -0.2) is 77.9 Å². The standard InChI is InChI=1S/C16H19N7O2/c24-13-10-21(9-12-8-19-23-5-1-3-17-15(12)23)6-7-22(11-13)16(25)14-2-4-18-20-14/h1-5,8,13,24H,6-7,9-11H2,(H,18,20). The molecule has 1 atom stereocenters. The van der Waals surface area contributed by atoms with Crippen molar-refractivity contribution in [2.75, 3.05) is 26.2 Å². The van der Waals surface area contributed by atoms with Crippen molar-refractivity contribution < 1.29 is 9.90 Å². The summed E-state index contributed by atoms with van der Waals surface area (Å²) in [7, 11) is 0. The number of amides is 1. The Hall–Kier alpha value is -2.78. The Morgan fingerprint density at radius 1 is 1.32 bits per heavy atom. The van der Waals surface area contributed by atoms with E-state index in [1.165, 1.54) is 0 Å². The summed E-state index contributed by atoms with van der Waals surface area (Å²) >= 11 is 0. The van der Waals surface area contributed by atoms with E-state index in [2.05, 4.69) is 25.2 Å². The molecule has 4 rings (SSSR count). The van der Waals surface area contributed by atoms with Gasteiger partial charge in [-0.15, -0.1) is 0 Å². The third kappa shape index (κ3) is 3.24. The molecule has 9 nitrogen and oxygen atoms in total. The number of aromatic amines is 1. The van der Waals surface area contributed by atoms with Gasteiger partial charge in [0.05, 0.1) is 12.3 Å². The van der Waals surface area contributed by atoms with Crippen molar-refractivity contribution in [2.45, 2.75) is 12.6 Å². The van der Waals surface area contributed by atoms with Crippen LogP contribution in [0.3, 0.4) is 0 Å². The lowest BCUT2D eigenvalue weighted by Gasteiger charge is -2.21. The number of H-pyrrole nitrogens is 1. The average Bonchev–Trinajstić information content (AvgIpc) is 3.24. The highest BCUT2D eigenvalue weighted by atomic mass is 16.3. The number of carbonyl (C=O) groups is 1. The van der Waals surface area contributed by atoms with Crippen LogP contribution in [0.25, 0.3) is 5.65 Å². The summed E-state index contributed by atoms with van der Waals surface area (Å²) in [6.07, 6.45) is 6.33. The van der Waals surface area contributed by atoms with Gasteiger partial charge in [-0.3, -0.25) is 14.8 Å². The molecule has 0 radical (unpaired) electrons. The molecule has 4 heterocycles. The molecule has 9 heteroatoms. The second-order valence-electron chi connectivity index (χ2n) is 6.17. The predicted molar refractivity (Wildman–Crippen MR) is 88.8 cm³/mol. The minimum atomic E-state index is -0.607. The maximum absolute atomic E-state index is 12.5. The molecule has 130 valence electrons. The quantitative estimate of drug-likeness (QED) is 0.682. The van der Waals surface area contributed by atoms with E-state index in [1.54, 1.807) is 34.1 Å². The van der Waals surface area contributed by atoms with E-state index < -0.39 is 6.10 Å². The lowest BCUT2D eigenvalue weighted by molar-refractivity contribution is 0.0657. The van der Waals surface area contributed by atoms with E-state index in [4.69, 9.17) is 0 Å². The Kier molecular flexibility index (Phi) is 4.16. The lowest BCUT2D eigenvalue weighted by Crippen LogP contribution is -2.37. The molecule has 1 amide bonds. The Labute approximate surface area is 143 Å². The monoisotopic (exact) mass is 341 g/mol. The van der Waals surface area contributed by atoms with Crippen LogP contribution >= 0.6 is 0 Å². The van der Waals surface area contributed by atoms with E-state index in [-0.39, 0.29) is 5.91 Å². The van der Waals surface area contributed by atoms with Crippen molar-refractivity contribution in [3.8, 4) is 0 Å². The molecule has 3 aromatic rings. The second kappa shape index (κ2) is 6.61. The fourth-order valence-electron chi connectivity index (χ4n) is 3.16. The fourth-order valence-corrected chi connectivity index (χ4v) is 3.16. The molecule has 1 unspecified atom stereocenters. The third-order valence-corrected chi connectivity index (χ3v) is 4.35. The zero-order valence-corrected chi connectivity index (χ0v) is 13.6. The molecule has 1 aliphatic heterocycles. The summed E-state index contributed by atoms with van der Waals surface area (Å²) in [4.78, 5) is 20.6. The number of aliphatic hydroxyl groups is 1. The summed E-state index contributed by atoms with van der Waals surface area (Å²) < 4.78 is 1.73.